The molecule has 2 aromatic carbocycles. The Bertz CT molecular complexity index is 567. The van der Waals surface area contributed by atoms with Crippen LogP contribution in [0.4, 0.5) is 0 Å². The van der Waals surface area contributed by atoms with Crippen molar-refractivity contribution >= 4 is 19.2 Å². The Kier molecular flexibility index (Phi) is 2.87. The minimum Gasteiger partial charge on any atom is -0.508 e. The second-order valence-electron chi connectivity index (χ2n) is 3.69. The lowest BCUT2D eigenvalue weighted by molar-refractivity contribution is 0.0998. The zero-order chi connectivity index (χ0) is 12.4. The van der Waals surface area contributed by atoms with Gasteiger partial charge >= 0.3 is 0 Å². The van der Waals surface area contributed by atoms with E-state index in [1.54, 1.807) is 6.07 Å². The number of amides is 1. The predicted octanol–water partition coefficient (Wildman–Crippen LogP) is 0.952. The number of primary amides is 1. The van der Waals surface area contributed by atoms with Gasteiger partial charge in [-0.05, 0) is 17.2 Å². The van der Waals surface area contributed by atoms with Crippen molar-refractivity contribution in [1.82, 2.24) is 0 Å². The van der Waals surface area contributed by atoms with E-state index in [4.69, 9.17) is 13.6 Å². The molecule has 0 atom stereocenters. The molecule has 0 saturated carbocycles. The molecule has 0 heterocycles. The molecule has 82 valence electrons. The van der Waals surface area contributed by atoms with E-state index < -0.39 is 5.91 Å². The molecule has 2 rings (SSSR count). The van der Waals surface area contributed by atoms with E-state index in [9.17, 15) is 9.90 Å². The maximum absolute atomic E-state index is 11.2. The van der Waals surface area contributed by atoms with Crippen molar-refractivity contribution in [3.63, 3.8) is 0 Å². The number of nitrogens with two attached hydrogens (primary N) is 1. The Morgan fingerprint density at radius 3 is 2.35 bits per heavy atom. The van der Waals surface area contributed by atoms with Gasteiger partial charge in [-0.1, -0.05) is 41.9 Å². The van der Waals surface area contributed by atoms with E-state index in [1.165, 1.54) is 6.07 Å². The Labute approximate surface area is 100 Å². The van der Waals surface area contributed by atoms with Gasteiger partial charge in [0.25, 0.3) is 5.91 Å². The lowest BCUT2D eigenvalue weighted by Crippen LogP contribution is -2.16. The number of carbonyl (C=O) groups excluding carboxylic acids is 1. The highest BCUT2D eigenvalue weighted by Crippen LogP contribution is 2.23. The minimum absolute atomic E-state index is 0.0313. The minimum atomic E-state index is -0.702. The number of benzene rings is 2. The number of rotatable bonds is 2. The zero-order valence-corrected chi connectivity index (χ0v) is 9.05. The molecular weight excluding hydrogens is 213 g/mol. The second-order valence-corrected chi connectivity index (χ2v) is 3.69. The fourth-order valence-electron chi connectivity index (χ4n) is 1.64. The summed E-state index contributed by atoms with van der Waals surface area (Å²) in [7, 11) is 5.64. The largest absolute Gasteiger partial charge is 0.508 e. The highest BCUT2D eigenvalue weighted by atomic mass is 16.3. The van der Waals surface area contributed by atoms with Crippen LogP contribution in [0.2, 0.25) is 0 Å². The third-order valence-corrected chi connectivity index (χ3v) is 2.51. The van der Waals surface area contributed by atoms with Crippen LogP contribution in [0.15, 0.2) is 42.5 Å². The van der Waals surface area contributed by atoms with Crippen molar-refractivity contribution in [1.29, 1.82) is 0 Å². The Morgan fingerprint density at radius 2 is 1.76 bits per heavy atom. The van der Waals surface area contributed by atoms with E-state index in [-0.39, 0.29) is 16.8 Å². The van der Waals surface area contributed by atoms with Crippen LogP contribution in [0.5, 0.6) is 5.75 Å². The third kappa shape index (κ3) is 2.15. The zero-order valence-electron chi connectivity index (χ0n) is 9.05. The first-order valence-corrected chi connectivity index (χ1v) is 5.07. The van der Waals surface area contributed by atoms with E-state index in [2.05, 4.69) is 0 Å². The first kappa shape index (κ1) is 11.3. The van der Waals surface area contributed by atoms with Gasteiger partial charge in [-0.2, -0.15) is 0 Å². The van der Waals surface area contributed by atoms with Gasteiger partial charge in [-0.25, -0.2) is 0 Å². The first-order chi connectivity index (χ1) is 8.09. The van der Waals surface area contributed by atoms with Crippen molar-refractivity contribution in [2.45, 2.75) is 0 Å². The fourth-order valence-corrected chi connectivity index (χ4v) is 1.64. The van der Waals surface area contributed by atoms with Gasteiger partial charge in [0.1, 0.15) is 13.6 Å². The highest BCUT2D eigenvalue weighted by molar-refractivity contribution is 6.35. The molecule has 3 N–H and O–H groups in total. The summed E-state index contributed by atoms with van der Waals surface area (Å²) >= 11 is 0. The predicted molar refractivity (Wildman–Crippen MR) is 67.4 cm³/mol. The molecule has 0 fully saturated rings. The first-order valence-electron chi connectivity index (χ1n) is 5.07. The molecular formula is C13H10BNO2. The SMILES string of the molecule is [B]c1cc(-c2ccccc2)cc(C(N)=O)c1O. The van der Waals surface area contributed by atoms with Crippen molar-refractivity contribution in [2.24, 2.45) is 5.73 Å². The van der Waals surface area contributed by atoms with E-state index >= 15 is 0 Å². The number of hydrogen-bond acceptors (Lipinski definition) is 2. The normalized spacial score (nSPS) is 10.1. The van der Waals surface area contributed by atoms with Crippen LogP contribution in [0.1, 0.15) is 10.4 Å². The Morgan fingerprint density at radius 1 is 1.12 bits per heavy atom. The van der Waals surface area contributed by atoms with Gasteiger partial charge in [0.2, 0.25) is 0 Å². The molecule has 2 aromatic rings. The summed E-state index contributed by atoms with van der Waals surface area (Å²) in [6, 6.07) is 12.6. The van der Waals surface area contributed by atoms with Crippen LogP contribution in [0.3, 0.4) is 0 Å². The molecule has 4 heteroatoms. The van der Waals surface area contributed by atoms with Crippen molar-refractivity contribution in [3.05, 3.63) is 48.0 Å². The quantitative estimate of drug-likeness (QED) is 0.744. The summed E-state index contributed by atoms with van der Waals surface area (Å²) in [6.45, 7) is 0. The molecule has 0 aliphatic heterocycles. The highest BCUT2D eigenvalue weighted by Gasteiger charge is 2.11. The smallest absolute Gasteiger partial charge is 0.252 e. The molecule has 0 saturated heterocycles. The van der Waals surface area contributed by atoms with Gasteiger partial charge in [-0.3, -0.25) is 4.79 Å². The average Bonchev–Trinajstić information content (AvgIpc) is 2.33. The molecule has 0 aliphatic carbocycles. The average molecular weight is 223 g/mol. The molecule has 0 unspecified atom stereocenters. The summed E-state index contributed by atoms with van der Waals surface area (Å²) in [5.74, 6) is -0.968. The maximum atomic E-state index is 11.2. The molecule has 1 amide bonds. The summed E-state index contributed by atoms with van der Waals surface area (Å²) in [4.78, 5) is 11.2. The lowest BCUT2D eigenvalue weighted by atomic mass is 9.88. The maximum Gasteiger partial charge on any atom is 0.252 e. The van der Waals surface area contributed by atoms with Crippen molar-refractivity contribution < 1.29 is 9.90 Å². The monoisotopic (exact) mass is 223 g/mol. The number of aromatic hydroxyl groups is 1. The molecule has 0 spiro atoms. The summed E-state index contributed by atoms with van der Waals surface area (Å²) in [6.07, 6.45) is 0. The standard InChI is InChI=1S/C13H10BNO2/c14-11-7-9(8-4-2-1-3-5-8)6-10(12(11)16)13(15)17/h1-7,16H,(H2,15,17). The van der Waals surface area contributed by atoms with Crippen LogP contribution >= 0.6 is 0 Å². The van der Waals surface area contributed by atoms with Gasteiger partial charge in [-0.15, -0.1) is 0 Å². The van der Waals surface area contributed by atoms with Gasteiger partial charge in [0.05, 0.1) is 5.56 Å². The fraction of sp³-hybridized carbons (Fsp3) is 0. The molecule has 0 aromatic heterocycles. The van der Waals surface area contributed by atoms with Crippen molar-refractivity contribution in [3.8, 4) is 16.9 Å². The van der Waals surface area contributed by atoms with Crippen LogP contribution < -0.4 is 11.2 Å². The van der Waals surface area contributed by atoms with E-state index in [1.807, 2.05) is 30.3 Å². The molecule has 2 radical (unpaired) electrons. The number of hydrogen-bond donors (Lipinski definition) is 2. The third-order valence-electron chi connectivity index (χ3n) is 2.51. The summed E-state index contributed by atoms with van der Waals surface area (Å²) in [5, 5.41) is 9.61. The van der Waals surface area contributed by atoms with E-state index in [0.29, 0.717) is 0 Å². The van der Waals surface area contributed by atoms with Gasteiger partial charge < -0.3 is 10.8 Å². The molecule has 17 heavy (non-hydrogen) atoms. The molecule has 0 aliphatic rings. The number of phenols is 1. The Hall–Kier alpha value is -2.23. The van der Waals surface area contributed by atoms with Crippen LogP contribution in [0, 0.1) is 0 Å². The number of carbonyl (C=O) groups is 1. The van der Waals surface area contributed by atoms with Gasteiger partial charge in [0, 0.05) is 0 Å². The van der Waals surface area contributed by atoms with E-state index in [0.717, 1.165) is 11.1 Å². The lowest BCUT2D eigenvalue weighted by Gasteiger charge is -2.09. The topological polar surface area (TPSA) is 63.3 Å². The van der Waals surface area contributed by atoms with Crippen LogP contribution in [-0.2, 0) is 0 Å². The van der Waals surface area contributed by atoms with Crippen LogP contribution in [-0.4, -0.2) is 18.9 Å². The molecule has 3 nitrogen and oxygen atoms in total. The summed E-state index contributed by atoms with van der Waals surface area (Å²) < 4.78 is 0. The van der Waals surface area contributed by atoms with Crippen molar-refractivity contribution in [2.75, 3.05) is 0 Å². The second kappa shape index (κ2) is 4.33. The molecule has 0 bridgehead atoms. The summed E-state index contributed by atoms with van der Waals surface area (Å²) in [5.41, 5.74) is 7.00. The van der Waals surface area contributed by atoms with Gasteiger partial charge in [0.15, 0.2) is 0 Å². The van der Waals surface area contributed by atoms with Crippen LogP contribution in [0.25, 0.3) is 11.1 Å². The Balaban J connectivity index is 2.61.